The number of hydrogen-bond acceptors (Lipinski definition) is 2. The number of aromatic nitrogens is 2. The van der Waals surface area contributed by atoms with Crippen LogP contribution in [0.25, 0.3) is 11.0 Å². The molecule has 0 radical (unpaired) electrons. The highest BCUT2D eigenvalue weighted by atomic mass is 35.5. The number of anilines is 1. The molecule has 0 amide bonds. The second kappa shape index (κ2) is 3.03. The lowest BCUT2D eigenvalue weighted by molar-refractivity contribution is -0.137. The van der Waals surface area contributed by atoms with Crippen LogP contribution in [0.15, 0.2) is 18.5 Å². The fraction of sp³-hybridized carbons (Fsp3) is 0.125. The molecule has 0 fully saturated rings. The first-order chi connectivity index (χ1) is 6.89. The Hall–Kier alpha value is -1.43. The summed E-state index contributed by atoms with van der Waals surface area (Å²) in [5.41, 5.74) is 5.01. The van der Waals surface area contributed by atoms with E-state index in [9.17, 15) is 13.2 Å². The van der Waals surface area contributed by atoms with Crippen LogP contribution in [0.3, 0.4) is 0 Å². The Morgan fingerprint density at radius 1 is 1.40 bits per heavy atom. The van der Waals surface area contributed by atoms with Crippen molar-refractivity contribution >= 4 is 28.5 Å². The Morgan fingerprint density at radius 3 is 2.67 bits per heavy atom. The fourth-order valence-electron chi connectivity index (χ4n) is 1.25. The number of halogens is 4. The van der Waals surface area contributed by atoms with Gasteiger partial charge in [-0.25, -0.2) is 9.07 Å². The number of nitrogens with two attached hydrogens (primary N) is 1. The summed E-state index contributed by atoms with van der Waals surface area (Å²) < 4.78 is 38.1. The molecular formula is C8H5ClF3N3. The Bertz CT molecular complexity index is 518. The molecule has 0 saturated heterocycles. The van der Waals surface area contributed by atoms with E-state index in [0.717, 1.165) is 16.3 Å². The van der Waals surface area contributed by atoms with Gasteiger partial charge in [0.15, 0.2) is 5.65 Å². The second-order valence-corrected chi connectivity index (χ2v) is 3.35. The van der Waals surface area contributed by atoms with E-state index in [-0.39, 0.29) is 16.7 Å². The van der Waals surface area contributed by atoms with Crippen molar-refractivity contribution in [2.75, 3.05) is 5.73 Å². The number of nitrogens with zero attached hydrogens (tertiary/aromatic N) is 2. The van der Waals surface area contributed by atoms with E-state index in [0.29, 0.717) is 0 Å². The van der Waals surface area contributed by atoms with Gasteiger partial charge >= 0.3 is 6.18 Å². The highest BCUT2D eigenvalue weighted by molar-refractivity contribution is 6.19. The van der Waals surface area contributed by atoms with Crippen molar-refractivity contribution in [2.24, 2.45) is 0 Å². The molecule has 7 heteroatoms. The van der Waals surface area contributed by atoms with E-state index in [4.69, 9.17) is 17.5 Å². The van der Waals surface area contributed by atoms with Crippen molar-refractivity contribution in [3.8, 4) is 0 Å². The molecule has 2 N–H and O–H groups in total. The van der Waals surface area contributed by atoms with Crippen LogP contribution in [-0.4, -0.2) is 9.07 Å². The van der Waals surface area contributed by atoms with Crippen molar-refractivity contribution in [1.82, 2.24) is 9.07 Å². The molecule has 3 nitrogen and oxygen atoms in total. The van der Waals surface area contributed by atoms with E-state index >= 15 is 0 Å². The summed E-state index contributed by atoms with van der Waals surface area (Å²) in [6.45, 7) is 0. The Labute approximate surface area is 87.4 Å². The van der Waals surface area contributed by atoms with Gasteiger partial charge in [-0.15, -0.1) is 0 Å². The normalized spacial score (nSPS) is 12.3. The van der Waals surface area contributed by atoms with E-state index in [1.807, 2.05) is 0 Å². The van der Waals surface area contributed by atoms with Crippen molar-refractivity contribution in [1.29, 1.82) is 0 Å². The average Bonchev–Trinajstić information content (AvgIpc) is 2.41. The minimum Gasteiger partial charge on any atom is -0.397 e. The molecule has 2 aromatic heterocycles. The van der Waals surface area contributed by atoms with Crippen LogP contribution in [0.2, 0.25) is 0 Å². The third-order valence-electron chi connectivity index (χ3n) is 1.96. The Kier molecular flexibility index (Phi) is 2.04. The molecule has 0 aliphatic rings. The molecule has 0 aliphatic heterocycles. The van der Waals surface area contributed by atoms with Gasteiger partial charge in [0.25, 0.3) is 0 Å². The van der Waals surface area contributed by atoms with Crippen LogP contribution in [-0.2, 0) is 6.18 Å². The van der Waals surface area contributed by atoms with Gasteiger partial charge in [0.2, 0.25) is 0 Å². The predicted molar refractivity (Wildman–Crippen MR) is 50.4 cm³/mol. The van der Waals surface area contributed by atoms with Crippen LogP contribution in [0, 0.1) is 0 Å². The first-order valence-corrected chi connectivity index (χ1v) is 4.23. The Balaban J connectivity index is 2.71. The maximum atomic E-state index is 12.3. The van der Waals surface area contributed by atoms with Gasteiger partial charge in [-0.2, -0.15) is 13.2 Å². The Morgan fingerprint density at radius 2 is 2.07 bits per heavy atom. The monoisotopic (exact) mass is 235 g/mol. The number of alkyl halides is 3. The van der Waals surface area contributed by atoms with Gasteiger partial charge in [-0.05, 0) is 6.07 Å². The molecule has 0 saturated carbocycles. The number of hydrogen-bond donors (Lipinski definition) is 1. The summed E-state index contributed by atoms with van der Waals surface area (Å²) in [6.07, 6.45) is -2.40. The summed E-state index contributed by atoms with van der Waals surface area (Å²) in [5.74, 6) is 0. The summed E-state index contributed by atoms with van der Waals surface area (Å²) >= 11 is 5.64. The average molecular weight is 236 g/mol. The van der Waals surface area contributed by atoms with Crippen molar-refractivity contribution in [3.05, 3.63) is 24.0 Å². The number of fused-ring (bicyclic) bond motifs is 1. The topological polar surface area (TPSA) is 43.8 Å². The van der Waals surface area contributed by atoms with E-state index in [1.54, 1.807) is 0 Å². The molecule has 0 atom stereocenters. The fourth-order valence-corrected chi connectivity index (χ4v) is 1.49. The standard InChI is InChI=1S/C8H5ClF3N3/c9-15-3-6(13)5-1-4(8(10,11)12)2-14-7(5)15/h1-3H,13H2. The van der Waals surface area contributed by atoms with Crippen LogP contribution < -0.4 is 5.73 Å². The lowest BCUT2D eigenvalue weighted by Crippen LogP contribution is -2.05. The van der Waals surface area contributed by atoms with Crippen molar-refractivity contribution < 1.29 is 13.2 Å². The van der Waals surface area contributed by atoms with Crippen LogP contribution >= 0.6 is 11.8 Å². The van der Waals surface area contributed by atoms with Gasteiger partial charge < -0.3 is 5.73 Å². The minimum atomic E-state index is -4.43. The van der Waals surface area contributed by atoms with Gasteiger partial charge in [0.1, 0.15) is 0 Å². The van der Waals surface area contributed by atoms with Gasteiger partial charge in [0, 0.05) is 29.6 Å². The lowest BCUT2D eigenvalue weighted by Gasteiger charge is -2.05. The van der Waals surface area contributed by atoms with Crippen LogP contribution in [0.5, 0.6) is 0 Å². The molecule has 15 heavy (non-hydrogen) atoms. The smallest absolute Gasteiger partial charge is 0.397 e. The third kappa shape index (κ3) is 1.61. The number of rotatable bonds is 0. The van der Waals surface area contributed by atoms with Crippen molar-refractivity contribution in [2.45, 2.75) is 6.18 Å². The van der Waals surface area contributed by atoms with Gasteiger partial charge in [0.05, 0.1) is 11.3 Å². The maximum absolute atomic E-state index is 12.3. The van der Waals surface area contributed by atoms with Crippen LogP contribution in [0.1, 0.15) is 5.56 Å². The maximum Gasteiger partial charge on any atom is 0.417 e. The molecular weight excluding hydrogens is 231 g/mol. The summed E-state index contributed by atoms with van der Waals surface area (Å²) in [7, 11) is 0. The molecule has 0 aliphatic carbocycles. The van der Waals surface area contributed by atoms with Crippen molar-refractivity contribution in [3.63, 3.8) is 0 Å². The van der Waals surface area contributed by atoms with Crippen LogP contribution in [0.4, 0.5) is 18.9 Å². The molecule has 0 aromatic carbocycles. The number of pyridine rings is 1. The van der Waals surface area contributed by atoms with E-state index < -0.39 is 11.7 Å². The molecule has 2 rings (SSSR count). The zero-order chi connectivity index (χ0) is 11.2. The first-order valence-electron chi connectivity index (χ1n) is 3.89. The zero-order valence-corrected chi connectivity index (χ0v) is 7.97. The minimum absolute atomic E-state index is 0.165. The molecule has 0 unspecified atom stereocenters. The quantitative estimate of drug-likeness (QED) is 0.763. The van der Waals surface area contributed by atoms with Gasteiger partial charge in [-0.3, -0.25) is 0 Å². The highest BCUT2D eigenvalue weighted by Crippen LogP contribution is 2.32. The lowest BCUT2D eigenvalue weighted by atomic mass is 10.2. The molecule has 2 aromatic rings. The number of nitrogen functional groups attached to an aromatic ring is 1. The van der Waals surface area contributed by atoms with E-state index in [1.165, 1.54) is 6.20 Å². The predicted octanol–water partition coefficient (Wildman–Crippen LogP) is 2.64. The summed E-state index contributed by atoms with van der Waals surface area (Å²) in [4.78, 5) is 3.60. The molecule has 2 heterocycles. The van der Waals surface area contributed by atoms with Gasteiger partial charge in [-0.1, -0.05) is 0 Å². The zero-order valence-electron chi connectivity index (χ0n) is 7.22. The van der Waals surface area contributed by atoms with E-state index in [2.05, 4.69) is 4.98 Å². The second-order valence-electron chi connectivity index (χ2n) is 2.99. The SMILES string of the molecule is Nc1cn(Cl)c2ncc(C(F)(F)F)cc12. The largest absolute Gasteiger partial charge is 0.417 e. The molecule has 80 valence electrons. The molecule has 0 bridgehead atoms. The summed E-state index contributed by atoms with van der Waals surface area (Å²) in [5, 5.41) is 0.194. The third-order valence-corrected chi connectivity index (χ3v) is 2.22. The first kappa shape index (κ1) is 10.1. The summed E-state index contributed by atoms with van der Waals surface area (Å²) in [6, 6.07) is 0.927. The molecule has 0 spiro atoms. The highest BCUT2D eigenvalue weighted by Gasteiger charge is 2.31.